The standard InChI is InChI=1S/C32H37F3N6O3Si/c1-21-9-12-28(26-8-6-5-7-25(21)26)40(19-24-11-10-23(17-37-24)32(33,34)35)31(43)30(42)39-27-18-36-15-22-16-38-41(29(22)27)20-44-13-14-45(2,3)4/h5-8,10-11,15-18,21,28H,9,12-14,19-20H2,1-4H3,(H,39,42). The highest BCUT2D eigenvalue weighted by atomic mass is 28.3. The van der Waals surface area contributed by atoms with E-state index in [0.717, 1.165) is 35.9 Å². The van der Waals surface area contributed by atoms with Crippen molar-refractivity contribution in [3.63, 3.8) is 0 Å². The molecule has 1 aliphatic rings. The number of carbonyl (C=O) groups excluding carboxylic acids is 2. The molecule has 0 saturated carbocycles. The SMILES string of the molecule is CC1CCC(N(Cc2ccc(C(F)(F)F)cn2)C(=O)C(=O)Nc2cncc3cnn(COCC[Si](C)(C)C)c23)c2ccccc21. The van der Waals surface area contributed by atoms with Crippen molar-refractivity contribution in [3.05, 3.63) is 83.6 Å². The summed E-state index contributed by atoms with van der Waals surface area (Å²) in [6.45, 7) is 9.49. The van der Waals surface area contributed by atoms with Gasteiger partial charge in [0.15, 0.2) is 0 Å². The van der Waals surface area contributed by atoms with Crippen molar-refractivity contribution in [2.75, 3.05) is 11.9 Å². The van der Waals surface area contributed by atoms with Gasteiger partial charge in [0.2, 0.25) is 0 Å². The monoisotopic (exact) mass is 638 g/mol. The van der Waals surface area contributed by atoms with Crippen molar-refractivity contribution in [2.45, 2.75) is 76.9 Å². The van der Waals surface area contributed by atoms with Crippen molar-refractivity contribution in [1.29, 1.82) is 0 Å². The van der Waals surface area contributed by atoms with Gasteiger partial charge in [0.05, 0.1) is 47.4 Å². The summed E-state index contributed by atoms with van der Waals surface area (Å²) < 4.78 is 47.1. The van der Waals surface area contributed by atoms with Gasteiger partial charge in [0.25, 0.3) is 0 Å². The van der Waals surface area contributed by atoms with Gasteiger partial charge in [-0.1, -0.05) is 50.8 Å². The Morgan fingerprint density at radius 2 is 1.80 bits per heavy atom. The van der Waals surface area contributed by atoms with E-state index in [1.165, 1.54) is 17.2 Å². The summed E-state index contributed by atoms with van der Waals surface area (Å²) in [6, 6.07) is 10.4. The third-order valence-electron chi connectivity index (χ3n) is 8.07. The zero-order valence-corrected chi connectivity index (χ0v) is 26.8. The zero-order chi connectivity index (χ0) is 32.4. The number of aromatic nitrogens is 4. The molecule has 0 fully saturated rings. The molecule has 0 saturated heterocycles. The Morgan fingerprint density at radius 3 is 2.49 bits per heavy atom. The van der Waals surface area contributed by atoms with E-state index in [9.17, 15) is 22.8 Å². The Bertz CT molecular complexity index is 1670. The number of nitrogens with one attached hydrogen (secondary N) is 1. The molecule has 2 amide bonds. The van der Waals surface area contributed by atoms with Crippen molar-refractivity contribution in [3.8, 4) is 0 Å². The summed E-state index contributed by atoms with van der Waals surface area (Å²) in [5.41, 5.74) is 2.17. The molecule has 0 bridgehead atoms. The van der Waals surface area contributed by atoms with Crippen LogP contribution >= 0.6 is 0 Å². The molecule has 45 heavy (non-hydrogen) atoms. The van der Waals surface area contributed by atoms with Crippen LogP contribution in [0.1, 0.15) is 54.1 Å². The van der Waals surface area contributed by atoms with Crippen LogP contribution < -0.4 is 5.32 Å². The average molecular weight is 639 g/mol. The second-order valence-corrected chi connectivity index (χ2v) is 18.3. The number of hydrogen-bond acceptors (Lipinski definition) is 6. The number of ether oxygens (including phenoxy) is 1. The van der Waals surface area contributed by atoms with Crippen LogP contribution in [0.25, 0.3) is 10.9 Å². The van der Waals surface area contributed by atoms with Crippen LogP contribution in [-0.4, -0.2) is 51.1 Å². The lowest BCUT2D eigenvalue weighted by atomic mass is 9.80. The minimum atomic E-state index is -4.54. The first-order valence-corrected chi connectivity index (χ1v) is 18.6. The number of nitrogens with zero attached hydrogens (tertiary/aromatic N) is 5. The molecule has 238 valence electrons. The normalized spacial score (nSPS) is 16.8. The molecular formula is C32H37F3N6O3Si. The molecule has 5 rings (SSSR count). The van der Waals surface area contributed by atoms with Gasteiger partial charge in [0.1, 0.15) is 6.73 Å². The van der Waals surface area contributed by atoms with Crippen LogP contribution in [0.5, 0.6) is 0 Å². The van der Waals surface area contributed by atoms with E-state index < -0.39 is 37.7 Å². The maximum atomic E-state index is 14.0. The molecule has 0 radical (unpaired) electrons. The number of pyridine rings is 2. The summed E-state index contributed by atoms with van der Waals surface area (Å²) >= 11 is 0. The fourth-order valence-electron chi connectivity index (χ4n) is 5.56. The average Bonchev–Trinajstić information content (AvgIpc) is 3.42. The van der Waals surface area contributed by atoms with Crippen LogP contribution in [0.4, 0.5) is 18.9 Å². The Kier molecular flexibility index (Phi) is 9.40. The second-order valence-electron chi connectivity index (χ2n) is 12.7. The van der Waals surface area contributed by atoms with Crippen LogP contribution in [0, 0.1) is 0 Å². The van der Waals surface area contributed by atoms with Crippen molar-refractivity contribution < 1.29 is 27.5 Å². The molecule has 13 heteroatoms. The molecule has 4 aromatic rings. The van der Waals surface area contributed by atoms with Crippen molar-refractivity contribution in [2.24, 2.45) is 0 Å². The van der Waals surface area contributed by atoms with Gasteiger partial charge in [0, 0.05) is 32.5 Å². The van der Waals surface area contributed by atoms with Gasteiger partial charge in [-0.25, -0.2) is 4.68 Å². The summed E-state index contributed by atoms with van der Waals surface area (Å²) in [6.07, 6.45) is 2.23. The van der Waals surface area contributed by atoms with E-state index in [1.807, 2.05) is 24.3 Å². The number of fused-ring (bicyclic) bond motifs is 2. The first kappa shape index (κ1) is 32.3. The first-order chi connectivity index (χ1) is 21.3. The van der Waals surface area contributed by atoms with E-state index in [0.29, 0.717) is 29.6 Å². The van der Waals surface area contributed by atoms with Gasteiger partial charge < -0.3 is 15.0 Å². The molecule has 2 unspecified atom stereocenters. The number of benzene rings is 1. The van der Waals surface area contributed by atoms with Crippen LogP contribution in [-0.2, 0) is 33.8 Å². The lowest BCUT2D eigenvalue weighted by molar-refractivity contribution is -0.145. The number of carbonyl (C=O) groups is 2. The lowest BCUT2D eigenvalue weighted by Crippen LogP contribution is -2.43. The minimum Gasteiger partial charge on any atom is -0.360 e. The molecule has 2 atom stereocenters. The molecule has 9 nitrogen and oxygen atoms in total. The van der Waals surface area contributed by atoms with Gasteiger partial charge in [-0.2, -0.15) is 18.3 Å². The Morgan fingerprint density at radius 1 is 1.04 bits per heavy atom. The van der Waals surface area contributed by atoms with Gasteiger partial charge >= 0.3 is 18.0 Å². The highest BCUT2D eigenvalue weighted by Crippen LogP contribution is 2.41. The van der Waals surface area contributed by atoms with Crippen LogP contribution in [0.3, 0.4) is 0 Å². The summed E-state index contributed by atoms with van der Waals surface area (Å²) in [7, 11) is -1.29. The number of alkyl halides is 3. The predicted molar refractivity (Wildman–Crippen MR) is 167 cm³/mol. The van der Waals surface area contributed by atoms with Crippen molar-refractivity contribution >= 4 is 36.5 Å². The van der Waals surface area contributed by atoms with Crippen molar-refractivity contribution in [1.82, 2.24) is 24.6 Å². The molecule has 1 aliphatic carbocycles. The molecule has 3 aromatic heterocycles. The van der Waals surface area contributed by atoms with E-state index in [1.54, 1.807) is 17.1 Å². The molecule has 3 heterocycles. The number of halogens is 3. The Balaban J connectivity index is 1.42. The highest BCUT2D eigenvalue weighted by molar-refractivity contribution is 6.76. The second kappa shape index (κ2) is 13.1. The molecule has 0 spiro atoms. The lowest BCUT2D eigenvalue weighted by Gasteiger charge is -2.37. The van der Waals surface area contributed by atoms with E-state index in [4.69, 9.17) is 4.74 Å². The summed E-state index contributed by atoms with van der Waals surface area (Å²) in [4.78, 5) is 37.2. The molecular weight excluding hydrogens is 601 g/mol. The quantitative estimate of drug-likeness (QED) is 0.123. The van der Waals surface area contributed by atoms with Crippen LogP contribution in [0.2, 0.25) is 25.7 Å². The third-order valence-corrected chi connectivity index (χ3v) is 9.78. The smallest absolute Gasteiger partial charge is 0.360 e. The van der Waals surface area contributed by atoms with Gasteiger partial charge in [-0.05, 0) is 48.1 Å². The van der Waals surface area contributed by atoms with E-state index in [2.05, 4.69) is 46.9 Å². The third kappa shape index (κ3) is 7.59. The molecule has 1 aromatic carbocycles. The summed E-state index contributed by atoms with van der Waals surface area (Å²) in [5, 5.41) is 7.77. The maximum absolute atomic E-state index is 14.0. The Labute approximate surface area is 260 Å². The fourth-order valence-corrected chi connectivity index (χ4v) is 6.31. The predicted octanol–water partition coefficient (Wildman–Crippen LogP) is 6.76. The largest absolute Gasteiger partial charge is 0.417 e. The van der Waals surface area contributed by atoms with Crippen LogP contribution in [0.15, 0.2) is 61.2 Å². The van der Waals surface area contributed by atoms with E-state index >= 15 is 0 Å². The Hall–Kier alpha value is -4.10. The molecule has 1 N–H and O–H groups in total. The van der Waals surface area contributed by atoms with E-state index in [-0.39, 0.29) is 24.9 Å². The topological polar surface area (TPSA) is 102 Å². The van der Waals surface area contributed by atoms with Gasteiger partial charge in [-0.15, -0.1) is 0 Å². The van der Waals surface area contributed by atoms with Gasteiger partial charge in [-0.3, -0.25) is 19.6 Å². The summed E-state index contributed by atoms with van der Waals surface area (Å²) in [5.74, 6) is -1.48. The number of hydrogen-bond donors (Lipinski definition) is 1. The molecule has 0 aliphatic heterocycles. The number of anilines is 1. The minimum absolute atomic E-state index is 0.150. The number of amides is 2. The zero-order valence-electron chi connectivity index (χ0n) is 25.8. The highest BCUT2D eigenvalue weighted by Gasteiger charge is 2.36. The fraction of sp³-hybridized carbons (Fsp3) is 0.406. The maximum Gasteiger partial charge on any atom is 0.417 e. The number of rotatable bonds is 9. The first-order valence-electron chi connectivity index (χ1n) is 14.9.